The summed E-state index contributed by atoms with van der Waals surface area (Å²) >= 11 is 1.47. The van der Waals surface area contributed by atoms with E-state index in [1.54, 1.807) is 5.51 Å². The van der Waals surface area contributed by atoms with Crippen molar-refractivity contribution in [1.29, 1.82) is 0 Å². The van der Waals surface area contributed by atoms with Crippen LogP contribution in [0.25, 0.3) is 21.7 Å². The summed E-state index contributed by atoms with van der Waals surface area (Å²) in [6.07, 6.45) is -0.0675. The molecule has 6 heteroatoms. The fourth-order valence-electron chi connectivity index (χ4n) is 3.21. The van der Waals surface area contributed by atoms with Gasteiger partial charge in [-0.3, -0.25) is 4.79 Å². The van der Waals surface area contributed by atoms with Crippen molar-refractivity contribution in [1.82, 2.24) is 10.2 Å². The van der Waals surface area contributed by atoms with Crippen LogP contribution in [-0.4, -0.2) is 16.0 Å². The highest BCUT2D eigenvalue weighted by molar-refractivity contribution is 7.12. The topological polar surface area (TPSA) is 42.9 Å². The Labute approximate surface area is 170 Å². The smallest absolute Gasteiger partial charge is 0.173 e. The van der Waals surface area contributed by atoms with Crippen LogP contribution in [0.3, 0.4) is 0 Å². The number of hydrogen-bond donors (Lipinski definition) is 0. The first-order valence-corrected chi connectivity index (χ1v) is 9.84. The Morgan fingerprint density at radius 1 is 0.966 bits per heavy atom. The third kappa shape index (κ3) is 3.98. The molecule has 0 bridgehead atoms. The van der Waals surface area contributed by atoms with Gasteiger partial charge >= 0.3 is 0 Å². The molecule has 0 fully saturated rings. The molecule has 0 saturated heterocycles. The molecular formula is C23H16F2N2OS. The Bertz CT molecular complexity index is 1150. The largest absolute Gasteiger partial charge is 0.294 e. The third-order valence-electron chi connectivity index (χ3n) is 4.72. The predicted octanol–water partition coefficient (Wildman–Crippen LogP) is 5.88. The van der Waals surface area contributed by atoms with Gasteiger partial charge in [0.2, 0.25) is 0 Å². The van der Waals surface area contributed by atoms with E-state index >= 15 is 0 Å². The standard InChI is InChI=1S/C23H16F2N2OS/c1-14-5-8-17(23-27-26-13-29-23)12-18(14)16-9-6-15(7-10-16)11-21(28)22-19(24)3-2-4-20(22)25/h2-10,12-13H,11H2,1H3. The zero-order chi connectivity index (χ0) is 20.4. The minimum Gasteiger partial charge on any atom is -0.294 e. The van der Waals surface area contributed by atoms with Crippen molar-refractivity contribution in [2.45, 2.75) is 13.3 Å². The van der Waals surface area contributed by atoms with Gasteiger partial charge in [-0.2, -0.15) is 0 Å². The number of benzene rings is 3. The summed E-state index contributed by atoms with van der Waals surface area (Å²) in [5.74, 6) is -2.26. The number of Topliss-reactive ketones (excluding diaryl/α,β-unsaturated/α-hetero) is 1. The van der Waals surface area contributed by atoms with Crippen LogP contribution in [0.1, 0.15) is 21.5 Å². The summed E-state index contributed by atoms with van der Waals surface area (Å²) in [6, 6.07) is 17.0. The summed E-state index contributed by atoms with van der Waals surface area (Å²) in [7, 11) is 0. The van der Waals surface area contributed by atoms with Crippen LogP contribution >= 0.6 is 11.3 Å². The Kier molecular flexibility index (Phi) is 5.27. The molecule has 0 atom stereocenters. The average molecular weight is 406 g/mol. The molecule has 0 amide bonds. The maximum Gasteiger partial charge on any atom is 0.173 e. The van der Waals surface area contributed by atoms with Gasteiger partial charge in [-0.05, 0) is 47.4 Å². The number of hydrogen-bond acceptors (Lipinski definition) is 4. The van der Waals surface area contributed by atoms with Crippen LogP contribution < -0.4 is 0 Å². The molecule has 4 aromatic rings. The number of nitrogens with zero attached hydrogens (tertiary/aromatic N) is 2. The highest BCUT2D eigenvalue weighted by Gasteiger charge is 2.17. The predicted molar refractivity (Wildman–Crippen MR) is 110 cm³/mol. The summed E-state index contributed by atoms with van der Waals surface area (Å²) in [4.78, 5) is 12.3. The van der Waals surface area contributed by atoms with Gasteiger partial charge in [0.15, 0.2) is 5.78 Å². The molecule has 0 aliphatic rings. The quantitative estimate of drug-likeness (QED) is 0.389. The highest BCUT2D eigenvalue weighted by Crippen LogP contribution is 2.30. The molecule has 0 radical (unpaired) electrons. The maximum atomic E-state index is 13.8. The molecule has 4 rings (SSSR count). The van der Waals surface area contributed by atoms with Gasteiger partial charge in [0.1, 0.15) is 22.2 Å². The van der Waals surface area contributed by atoms with Crippen molar-refractivity contribution in [2.24, 2.45) is 0 Å². The fraction of sp³-hybridized carbons (Fsp3) is 0.0870. The molecule has 0 unspecified atom stereocenters. The molecule has 1 aromatic heterocycles. The lowest BCUT2D eigenvalue weighted by Crippen LogP contribution is -2.09. The molecule has 3 aromatic carbocycles. The molecule has 0 aliphatic heterocycles. The monoisotopic (exact) mass is 406 g/mol. The van der Waals surface area contributed by atoms with Crippen molar-refractivity contribution >= 4 is 17.1 Å². The van der Waals surface area contributed by atoms with E-state index in [1.165, 1.54) is 17.4 Å². The van der Waals surface area contributed by atoms with Crippen molar-refractivity contribution in [3.63, 3.8) is 0 Å². The average Bonchev–Trinajstić information content (AvgIpc) is 3.24. The van der Waals surface area contributed by atoms with Crippen LogP contribution in [0.15, 0.2) is 66.2 Å². The first-order chi connectivity index (χ1) is 14.0. The van der Waals surface area contributed by atoms with Crippen molar-refractivity contribution in [3.8, 4) is 21.7 Å². The molecule has 144 valence electrons. The first-order valence-electron chi connectivity index (χ1n) is 8.96. The van der Waals surface area contributed by atoms with Gasteiger partial charge in [0.05, 0.1) is 5.56 Å². The van der Waals surface area contributed by atoms with Gasteiger partial charge in [-0.1, -0.05) is 53.8 Å². The third-order valence-corrected chi connectivity index (χ3v) is 5.46. The Morgan fingerprint density at radius 3 is 2.31 bits per heavy atom. The Morgan fingerprint density at radius 2 is 1.66 bits per heavy atom. The van der Waals surface area contributed by atoms with E-state index in [4.69, 9.17) is 0 Å². The SMILES string of the molecule is Cc1ccc(-c2nncs2)cc1-c1ccc(CC(=O)c2c(F)cccc2F)cc1. The van der Waals surface area contributed by atoms with Gasteiger partial charge in [-0.25, -0.2) is 8.78 Å². The van der Waals surface area contributed by atoms with Gasteiger partial charge in [0, 0.05) is 12.0 Å². The minimum atomic E-state index is -0.837. The van der Waals surface area contributed by atoms with Crippen molar-refractivity contribution in [3.05, 3.63) is 94.5 Å². The van der Waals surface area contributed by atoms with Crippen molar-refractivity contribution in [2.75, 3.05) is 0 Å². The fourth-order valence-corrected chi connectivity index (χ4v) is 3.76. The number of aryl methyl sites for hydroxylation is 1. The van der Waals surface area contributed by atoms with E-state index in [1.807, 2.05) is 43.3 Å². The molecule has 1 heterocycles. The molecule has 3 nitrogen and oxygen atoms in total. The Hall–Kier alpha value is -3.25. The summed E-state index contributed by atoms with van der Waals surface area (Å²) in [6.45, 7) is 2.03. The van der Waals surface area contributed by atoms with Crippen LogP contribution in [0.2, 0.25) is 0 Å². The molecular weight excluding hydrogens is 390 g/mol. The number of rotatable bonds is 5. The maximum absolute atomic E-state index is 13.8. The normalized spacial score (nSPS) is 10.9. The number of halogens is 2. The molecule has 0 saturated carbocycles. The number of carbonyl (C=O) groups excluding carboxylic acids is 1. The summed E-state index contributed by atoms with van der Waals surface area (Å²) < 4.78 is 27.6. The van der Waals surface area contributed by atoms with E-state index in [0.717, 1.165) is 39.4 Å². The van der Waals surface area contributed by atoms with Crippen LogP contribution in [0, 0.1) is 18.6 Å². The van der Waals surface area contributed by atoms with Gasteiger partial charge in [-0.15, -0.1) is 10.2 Å². The van der Waals surface area contributed by atoms with E-state index in [0.29, 0.717) is 5.56 Å². The lowest BCUT2D eigenvalue weighted by Gasteiger charge is -2.09. The molecule has 29 heavy (non-hydrogen) atoms. The zero-order valence-electron chi connectivity index (χ0n) is 15.5. The molecule has 0 aliphatic carbocycles. The summed E-state index contributed by atoms with van der Waals surface area (Å²) in [5, 5.41) is 8.84. The first kappa shape index (κ1) is 19.1. The lowest BCUT2D eigenvalue weighted by atomic mass is 9.96. The number of ketones is 1. The van der Waals surface area contributed by atoms with E-state index in [9.17, 15) is 13.6 Å². The zero-order valence-corrected chi connectivity index (χ0v) is 16.3. The molecule has 0 N–H and O–H groups in total. The minimum absolute atomic E-state index is 0.0675. The van der Waals surface area contributed by atoms with Gasteiger partial charge in [0.25, 0.3) is 0 Å². The van der Waals surface area contributed by atoms with E-state index in [-0.39, 0.29) is 6.42 Å². The highest BCUT2D eigenvalue weighted by atomic mass is 32.1. The number of aromatic nitrogens is 2. The number of carbonyl (C=O) groups is 1. The van der Waals surface area contributed by atoms with Crippen molar-refractivity contribution < 1.29 is 13.6 Å². The Balaban J connectivity index is 1.59. The van der Waals surface area contributed by atoms with Crippen LogP contribution in [-0.2, 0) is 6.42 Å². The second kappa shape index (κ2) is 8.01. The van der Waals surface area contributed by atoms with Crippen LogP contribution in [0.4, 0.5) is 8.78 Å². The van der Waals surface area contributed by atoms with E-state index < -0.39 is 23.0 Å². The van der Waals surface area contributed by atoms with Gasteiger partial charge < -0.3 is 0 Å². The second-order valence-electron chi connectivity index (χ2n) is 6.67. The van der Waals surface area contributed by atoms with E-state index in [2.05, 4.69) is 16.3 Å². The summed E-state index contributed by atoms with van der Waals surface area (Å²) in [5.41, 5.74) is 6.03. The second-order valence-corrected chi connectivity index (χ2v) is 7.50. The van der Waals surface area contributed by atoms with Crippen LogP contribution in [0.5, 0.6) is 0 Å². The molecule has 0 spiro atoms. The lowest BCUT2D eigenvalue weighted by molar-refractivity contribution is 0.0985.